The number of aliphatic imine (C=N–C) groups is 1. The minimum atomic E-state index is -0.137. The van der Waals surface area contributed by atoms with Gasteiger partial charge in [-0.1, -0.05) is 37.6 Å². The molecule has 1 amide bonds. The second-order valence-corrected chi connectivity index (χ2v) is 8.07. The molecule has 1 aliphatic rings. The number of hydrogen-bond acceptors (Lipinski definition) is 3. The van der Waals surface area contributed by atoms with Crippen molar-refractivity contribution in [2.24, 2.45) is 12.0 Å². The molecule has 0 spiro atoms. The molecule has 2 aromatic rings. The van der Waals surface area contributed by atoms with Crippen LogP contribution in [-0.2, 0) is 17.3 Å². The van der Waals surface area contributed by atoms with E-state index in [0.717, 1.165) is 22.2 Å². The van der Waals surface area contributed by atoms with Crippen molar-refractivity contribution < 1.29 is 4.79 Å². The lowest BCUT2D eigenvalue weighted by molar-refractivity contribution is -0.120. The molecule has 0 radical (unpaired) electrons. The number of nitrogens with zero attached hydrogens (tertiary/aromatic N) is 5. The predicted octanol–water partition coefficient (Wildman–Crippen LogP) is 2.89. The fraction of sp³-hybridized carbons (Fsp3) is 0.450. The molecule has 0 bridgehead atoms. The maximum atomic E-state index is 12.6. The third kappa shape index (κ3) is 5.63. The van der Waals surface area contributed by atoms with Crippen molar-refractivity contribution >= 4 is 53.1 Å². The molecule has 1 aromatic carbocycles. The average molecular weight is 531 g/mol. The summed E-state index contributed by atoms with van der Waals surface area (Å²) >= 11 is 6.14. The number of carbonyl (C=O) groups excluding carboxylic acids is 1. The van der Waals surface area contributed by atoms with E-state index in [1.807, 2.05) is 36.3 Å². The number of nitrogens with one attached hydrogen (secondary N) is 1. The third-order valence-electron chi connectivity index (χ3n) is 5.03. The molecule has 158 valence electrons. The summed E-state index contributed by atoms with van der Waals surface area (Å²) in [5.41, 5.74) is 1.85. The fourth-order valence-electron chi connectivity index (χ4n) is 3.32. The standard InChI is InChI=1S/C20H27ClN6O.HI/c1-20(2,15-6-5-7-16(21)10-15)14-23-19(22-3)26-8-9-27(18(28)13-26)17-11-24-25(4)12-17;/h5-7,10-12H,8-9,13-14H2,1-4H3,(H,22,23);1H. The van der Waals surface area contributed by atoms with E-state index in [0.29, 0.717) is 19.6 Å². The number of aromatic nitrogens is 2. The van der Waals surface area contributed by atoms with Gasteiger partial charge in [-0.3, -0.25) is 14.5 Å². The zero-order valence-electron chi connectivity index (χ0n) is 17.2. The Balaban J connectivity index is 0.00000300. The Bertz CT molecular complexity index is 881. The number of guanidine groups is 1. The van der Waals surface area contributed by atoms with Gasteiger partial charge in [0, 0.05) is 50.4 Å². The lowest BCUT2D eigenvalue weighted by Crippen LogP contribution is -2.56. The Morgan fingerprint density at radius 3 is 2.69 bits per heavy atom. The van der Waals surface area contributed by atoms with Crippen molar-refractivity contribution in [2.75, 3.05) is 38.1 Å². The smallest absolute Gasteiger partial charge is 0.246 e. The minimum Gasteiger partial charge on any atom is -0.355 e. The van der Waals surface area contributed by atoms with Crippen LogP contribution in [0.3, 0.4) is 0 Å². The molecule has 1 fully saturated rings. The third-order valence-corrected chi connectivity index (χ3v) is 5.26. The highest BCUT2D eigenvalue weighted by atomic mass is 127. The Hall–Kier alpha value is -1.81. The second kappa shape index (κ2) is 9.80. The SMILES string of the molecule is CN=C(NCC(C)(C)c1cccc(Cl)c1)N1CCN(c2cnn(C)c2)C(=O)C1.I. The number of rotatable bonds is 4. The number of anilines is 1. The quantitative estimate of drug-likeness (QED) is 0.375. The van der Waals surface area contributed by atoms with Gasteiger partial charge < -0.3 is 15.1 Å². The van der Waals surface area contributed by atoms with Crippen molar-refractivity contribution in [2.45, 2.75) is 19.3 Å². The maximum absolute atomic E-state index is 12.6. The normalized spacial score (nSPS) is 15.3. The molecule has 0 atom stereocenters. The van der Waals surface area contributed by atoms with Gasteiger partial charge in [0.15, 0.2) is 5.96 Å². The topological polar surface area (TPSA) is 65.8 Å². The van der Waals surface area contributed by atoms with E-state index in [4.69, 9.17) is 11.6 Å². The van der Waals surface area contributed by atoms with E-state index in [1.165, 1.54) is 0 Å². The molecule has 1 aromatic heterocycles. The molecule has 9 heteroatoms. The van der Waals surface area contributed by atoms with E-state index >= 15 is 0 Å². The van der Waals surface area contributed by atoms with Crippen LogP contribution >= 0.6 is 35.6 Å². The Kier molecular flexibility index (Phi) is 7.93. The van der Waals surface area contributed by atoms with E-state index < -0.39 is 0 Å². The predicted molar refractivity (Wildman–Crippen MR) is 128 cm³/mol. The molecular weight excluding hydrogens is 503 g/mol. The second-order valence-electron chi connectivity index (χ2n) is 7.63. The van der Waals surface area contributed by atoms with Crippen LogP contribution < -0.4 is 10.2 Å². The van der Waals surface area contributed by atoms with E-state index in [2.05, 4.69) is 35.3 Å². The summed E-state index contributed by atoms with van der Waals surface area (Å²) in [6.45, 7) is 6.58. The number of piperazine rings is 1. The molecule has 1 saturated heterocycles. The molecule has 1 N–H and O–H groups in total. The average Bonchev–Trinajstić information content (AvgIpc) is 3.08. The summed E-state index contributed by atoms with van der Waals surface area (Å²) in [4.78, 5) is 20.8. The van der Waals surface area contributed by atoms with Gasteiger partial charge in [0.25, 0.3) is 0 Å². The summed E-state index contributed by atoms with van der Waals surface area (Å²) in [5.74, 6) is 0.769. The molecule has 0 unspecified atom stereocenters. The molecule has 7 nitrogen and oxygen atoms in total. The minimum absolute atomic E-state index is 0. The summed E-state index contributed by atoms with van der Waals surface area (Å²) in [5, 5.41) is 8.30. The van der Waals surface area contributed by atoms with Crippen LogP contribution in [0.4, 0.5) is 5.69 Å². The first kappa shape index (κ1) is 23.5. The molecule has 3 rings (SSSR count). The van der Waals surface area contributed by atoms with Crippen molar-refractivity contribution in [1.82, 2.24) is 20.0 Å². The summed E-state index contributed by atoms with van der Waals surface area (Å²) in [6.07, 6.45) is 3.57. The monoisotopic (exact) mass is 530 g/mol. The highest BCUT2D eigenvalue weighted by Crippen LogP contribution is 2.25. The van der Waals surface area contributed by atoms with Crippen LogP contribution in [-0.4, -0.2) is 59.8 Å². The summed E-state index contributed by atoms with van der Waals surface area (Å²) < 4.78 is 1.70. The van der Waals surface area contributed by atoms with Gasteiger partial charge in [0.1, 0.15) is 6.54 Å². The lowest BCUT2D eigenvalue weighted by Gasteiger charge is -2.36. The van der Waals surface area contributed by atoms with Crippen molar-refractivity contribution in [3.63, 3.8) is 0 Å². The lowest BCUT2D eigenvalue weighted by atomic mass is 9.84. The number of aryl methyl sites for hydroxylation is 1. The number of halogens is 2. The van der Waals surface area contributed by atoms with Gasteiger partial charge in [-0.25, -0.2) is 0 Å². The highest BCUT2D eigenvalue weighted by molar-refractivity contribution is 14.0. The molecule has 0 saturated carbocycles. The largest absolute Gasteiger partial charge is 0.355 e. The molecule has 29 heavy (non-hydrogen) atoms. The highest BCUT2D eigenvalue weighted by Gasteiger charge is 2.29. The first-order valence-corrected chi connectivity index (χ1v) is 9.68. The summed E-state index contributed by atoms with van der Waals surface area (Å²) in [6, 6.07) is 7.90. The van der Waals surface area contributed by atoms with Crippen molar-refractivity contribution in [1.29, 1.82) is 0 Å². The number of benzene rings is 1. The zero-order valence-corrected chi connectivity index (χ0v) is 20.3. The van der Waals surface area contributed by atoms with Crippen LogP contribution in [0.5, 0.6) is 0 Å². The van der Waals surface area contributed by atoms with Crippen LogP contribution in [0, 0.1) is 0 Å². The maximum Gasteiger partial charge on any atom is 0.246 e. The zero-order chi connectivity index (χ0) is 20.3. The molecular formula is C20H28ClIN6O. The van der Waals surface area contributed by atoms with Gasteiger partial charge in [-0.2, -0.15) is 5.10 Å². The first-order valence-electron chi connectivity index (χ1n) is 9.31. The first-order chi connectivity index (χ1) is 13.3. The number of hydrogen-bond donors (Lipinski definition) is 1. The molecule has 1 aliphatic heterocycles. The van der Waals surface area contributed by atoms with Gasteiger partial charge in [-0.15, -0.1) is 24.0 Å². The van der Waals surface area contributed by atoms with Gasteiger partial charge in [0.05, 0.1) is 11.9 Å². The Morgan fingerprint density at radius 2 is 2.10 bits per heavy atom. The van der Waals surface area contributed by atoms with Gasteiger partial charge in [0.2, 0.25) is 5.91 Å². The Morgan fingerprint density at radius 1 is 1.34 bits per heavy atom. The van der Waals surface area contributed by atoms with Crippen LogP contribution in [0.25, 0.3) is 0 Å². The van der Waals surface area contributed by atoms with Crippen molar-refractivity contribution in [3.8, 4) is 0 Å². The van der Waals surface area contributed by atoms with E-state index in [-0.39, 0.29) is 41.8 Å². The van der Waals surface area contributed by atoms with Crippen LogP contribution in [0.15, 0.2) is 41.7 Å². The van der Waals surface area contributed by atoms with E-state index in [9.17, 15) is 4.79 Å². The molecule has 0 aliphatic carbocycles. The molecule has 2 heterocycles. The van der Waals surface area contributed by atoms with Gasteiger partial charge >= 0.3 is 0 Å². The Labute approximate surface area is 194 Å². The summed E-state index contributed by atoms with van der Waals surface area (Å²) in [7, 11) is 3.59. The fourth-order valence-corrected chi connectivity index (χ4v) is 3.51. The van der Waals surface area contributed by atoms with Crippen molar-refractivity contribution in [3.05, 3.63) is 47.2 Å². The van der Waals surface area contributed by atoms with E-state index in [1.54, 1.807) is 22.8 Å². The van der Waals surface area contributed by atoms with Crippen LogP contribution in [0.2, 0.25) is 5.02 Å². The van der Waals surface area contributed by atoms with Crippen LogP contribution in [0.1, 0.15) is 19.4 Å². The number of carbonyl (C=O) groups is 1. The van der Waals surface area contributed by atoms with Gasteiger partial charge in [-0.05, 0) is 17.7 Å². The number of amides is 1.